The predicted octanol–water partition coefficient (Wildman–Crippen LogP) is 3.95. The summed E-state index contributed by atoms with van der Waals surface area (Å²) in [6.45, 7) is 2.17. The van der Waals surface area contributed by atoms with E-state index in [1.54, 1.807) is 12.1 Å². The molecule has 2 aromatic rings. The van der Waals surface area contributed by atoms with Gasteiger partial charge in [-0.3, -0.25) is 4.79 Å². The minimum absolute atomic E-state index is 0.00611. The Morgan fingerprint density at radius 3 is 2.60 bits per heavy atom. The molecule has 1 heterocycles. The number of carbonyl (C=O) groups excluding carboxylic acids is 1. The van der Waals surface area contributed by atoms with Gasteiger partial charge in [-0.2, -0.15) is 0 Å². The molecule has 0 aliphatic carbocycles. The van der Waals surface area contributed by atoms with E-state index in [1.807, 2.05) is 31.3 Å². The molecular formula is C17H16ClNO. The van der Waals surface area contributed by atoms with Crippen LogP contribution in [0, 0.1) is 0 Å². The summed E-state index contributed by atoms with van der Waals surface area (Å²) >= 11 is 6.15. The second-order valence-electron chi connectivity index (χ2n) is 5.29. The third-order valence-electron chi connectivity index (χ3n) is 4.01. The average molecular weight is 286 g/mol. The van der Waals surface area contributed by atoms with Gasteiger partial charge in [0.2, 0.25) is 0 Å². The number of rotatable bonds is 2. The lowest BCUT2D eigenvalue weighted by molar-refractivity contribution is 0.103. The second kappa shape index (κ2) is 4.95. The minimum atomic E-state index is -0.00611. The number of fused-ring (bicyclic) bond motifs is 1. The molecule has 3 heteroatoms. The standard InChI is InChI=1S/C17H16ClNO/c1-11-10-12-6-5-8-14(16(12)19(11)2)17(20)13-7-3-4-9-15(13)18/h3-9,11H,10H2,1-2H3/t11-/m1/s1. The molecule has 0 spiro atoms. The van der Waals surface area contributed by atoms with Crippen LogP contribution in [0.4, 0.5) is 5.69 Å². The number of hydrogen-bond donors (Lipinski definition) is 0. The molecule has 0 radical (unpaired) electrons. The Labute approximate surface area is 124 Å². The van der Waals surface area contributed by atoms with Gasteiger partial charge < -0.3 is 4.90 Å². The van der Waals surface area contributed by atoms with E-state index >= 15 is 0 Å². The molecule has 1 aliphatic heterocycles. The fourth-order valence-corrected chi connectivity index (χ4v) is 3.04. The molecule has 0 amide bonds. The van der Waals surface area contributed by atoms with Gasteiger partial charge in [0.1, 0.15) is 0 Å². The van der Waals surface area contributed by atoms with E-state index in [1.165, 1.54) is 5.56 Å². The fourth-order valence-electron chi connectivity index (χ4n) is 2.82. The molecular weight excluding hydrogens is 270 g/mol. The SMILES string of the molecule is C[C@@H]1Cc2cccc(C(=O)c3ccccc3Cl)c2N1C. The fraction of sp³-hybridized carbons (Fsp3) is 0.235. The molecule has 20 heavy (non-hydrogen) atoms. The van der Waals surface area contributed by atoms with Crippen molar-refractivity contribution in [3.8, 4) is 0 Å². The Hall–Kier alpha value is -1.80. The molecule has 0 bridgehead atoms. The predicted molar refractivity (Wildman–Crippen MR) is 82.9 cm³/mol. The van der Waals surface area contributed by atoms with Gasteiger partial charge in [0, 0.05) is 24.2 Å². The van der Waals surface area contributed by atoms with Crippen LogP contribution in [0.5, 0.6) is 0 Å². The summed E-state index contributed by atoms with van der Waals surface area (Å²) in [6.07, 6.45) is 0.982. The number of hydrogen-bond acceptors (Lipinski definition) is 2. The summed E-state index contributed by atoms with van der Waals surface area (Å²) in [6, 6.07) is 13.6. The summed E-state index contributed by atoms with van der Waals surface area (Å²) in [5.74, 6) is -0.00611. The highest BCUT2D eigenvalue weighted by atomic mass is 35.5. The smallest absolute Gasteiger partial charge is 0.196 e. The van der Waals surface area contributed by atoms with Crippen molar-refractivity contribution in [3.05, 3.63) is 64.2 Å². The van der Waals surface area contributed by atoms with E-state index in [0.29, 0.717) is 16.6 Å². The third-order valence-corrected chi connectivity index (χ3v) is 4.34. The molecule has 1 atom stereocenters. The van der Waals surface area contributed by atoms with E-state index in [4.69, 9.17) is 11.6 Å². The maximum atomic E-state index is 12.8. The zero-order chi connectivity index (χ0) is 14.3. The number of likely N-dealkylation sites (N-methyl/N-ethyl adjacent to an activating group) is 1. The van der Waals surface area contributed by atoms with Crippen LogP contribution in [0.2, 0.25) is 5.02 Å². The molecule has 0 unspecified atom stereocenters. The lowest BCUT2D eigenvalue weighted by atomic mass is 9.99. The van der Waals surface area contributed by atoms with Crippen LogP contribution >= 0.6 is 11.6 Å². The topological polar surface area (TPSA) is 20.3 Å². The highest BCUT2D eigenvalue weighted by Gasteiger charge is 2.28. The van der Waals surface area contributed by atoms with E-state index in [-0.39, 0.29) is 5.78 Å². The molecule has 2 aromatic carbocycles. The van der Waals surface area contributed by atoms with Crippen molar-refractivity contribution in [2.45, 2.75) is 19.4 Å². The van der Waals surface area contributed by atoms with E-state index in [2.05, 4.69) is 17.9 Å². The molecule has 0 saturated heterocycles. The van der Waals surface area contributed by atoms with Crippen molar-refractivity contribution in [1.29, 1.82) is 0 Å². The summed E-state index contributed by atoms with van der Waals surface area (Å²) < 4.78 is 0. The van der Waals surface area contributed by atoms with Crippen LogP contribution in [0.3, 0.4) is 0 Å². The molecule has 3 rings (SSSR count). The third kappa shape index (κ3) is 2.01. The number of carbonyl (C=O) groups is 1. The number of nitrogens with zero attached hydrogens (tertiary/aromatic N) is 1. The molecule has 1 aliphatic rings. The Bertz CT molecular complexity index is 680. The van der Waals surface area contributed by atoms with Gasteiger partial charge in [0.15, 0.2) is 5.78 Å². The van der Waals surface area contributed by atoms with Gasteiger partial charge in [0.25, 0.3) is 0 Å². The van der Waals surface area contributed by atoms with Crippen molar-refractivity contribution < 1.29 is 4.79 Å². The number of ketones is 1. The highest BCUT2D eigenvalue weighted by molar-refractivity contribution is 6.35. The number of anilines is 1. The van der Waals surface area contributed by atoms with Gasteiger partial charge in [0.05, 0.1) is 10.7 Å². The van der Waals surface area contributed by atoms with Crippen LogP contribution in [0.15, 0.2) is 42.5 Å². The first-order chi connectivity index (χ1) is 9.59. The molecule has 2 nitrogen and oxygen atoms in total. The van der Waals surface area contributed by atoms with Crippen molar-refractivity contribution in [1.82, 2.24) is 0 Å². The average Bonchev–Trinajstić information content (AvgIpc) is 2.74. The largest absolute Gasteiger partial charge is 0.371 e. The summed E-state index contributed by atoms with van der Waals surface area (Å²) in [5.41, 5.74) is 3.58. The van der Waals surface area contributed by atoms with Crippen molar-refractivity contribution in [2.24, 2.45) is 0 Å². The van der Waals surface area contributed by atoms with E-state index in [9.17, 15) is 4.79 Å². The van der Waals surface area contributed by atoms with Gasteiger partial charge in [-0.25, -0.2) is 0 Å². The first kappa shape index (κ1) is 13.2. The number of halogens is 1. The monoisotopic (exact) mass is 285 g/mol. The maximum Gasteiger partial charge on any atom is 0.196 e. The first-order valence-corrected chi connectivity index (χ1v) is 7.11. The zero-order valence-corrected chi connectivity index (χ0v) is 12.3. The van der Waals surface area contributed by atoms with Crippen LogP contribution in [-0.2, 0) is 6.42 Å². The summed E-state index contributed by atoms with van der Waals surface area (Å²) in [7, 11) is 2.04. The highest BCUT2D eigenvalue weighted by Crippen LogP contribution is 2.35. The lowest BCUT2D eigenvalue weighted by Gasteiger charge is -2.21. The minimum Gasteiger partial charge on any atom is -0.371 e. The first-order valence-electron chi connectivity index (χ1n) is 6.73. The van der Waals surface area contributed by atoms with Crippen molar-refractivity contribution >= 4 is 23.1 Å². The van der Waals surface area contributed by atoms with Gasteiger partial charge in [-0.05, 0) is 37.1 Å². The number of benzene rings is 2. The van der Waals surface area contributed by atoms with Gasteiger partial charge in [-0.1, -0.05) is 35.9 Å². The van der Waals surface area contributed by atoms with E-state index in [0.717, 1.165) is 17.7 Å². The van der Waals surface area contributed by atoms with Gasteiger partial charge >= 0.3 is 0 Å². The molecule has 0 N–H and O–H groups in total. The van der Waals surface area contributed by atoms with Crippen LogP contribution in [0.25, 0.3) is 0 Å². The molecule has 0 aromatic heterocycles. The molecule has 102 valence electrons. The lowest BCUT2D eigenvalue weighted by Crippen LogP contribution is -2.25. The van der Waals surface area contributed by atoms with Gasteiger partial charge in [-0.15, -0.1) is 0 Å². The quantitative estimate of drug-likeness (QED) is 0.779. The van der Waals surface area contributed by atoms with Crippen LogP contribution in [-0.4, -0.2) is 18.9 Å². The van der Waals surface area contributed by atoms with Crippen LogP contribution in [0.1, 0.15) is 28.4 Å². The Balaban J connectivity index is 2.11. The van der Waals surface area contributed by atoms with E-state index < -0.39 is 0 Å². The molecule has 0 fully saturated rings. The summed E-state index contributed by atoms with van der Waals surface area (Å²) in [4.78, 5) is 14.9. The van der Waals surface area contributed by atoms with Crippen molar-refractivity contribution in [2.75, 3.05) is 11.9 Å². The Morgan fingerprint density at radius 2 is 1.85 bits per heavy atom. The summed E-state index contributed by atoms with van der Waals surface area (Å²) in [5, 5.41) is 0.504. The normalized spacial score (nSPS) is 17.1. The Morgan fingerprint density at radius 1 is 1.15 bits per heavy atom. The molecule has 0 saturated carbocycles. The van der Waals surface area contributed by atoms with Crippen molar-refractivity contribution in [3.63, 3.8) is 0 Å². The second-order valence-corrected chi connectivity index (χ2v) is 5.69. The number of para-hydroxylation sites is 1. The maximum absolute atomic E-state index is 12.8. The zero-order valence-electron chi connectivity index (χ0n) is 11.6. The Kier molecular flexibility index (Phi) is 3.27. The van der Waals surface area contributed by atoms with Crippen LogP contribution < -0.4 is 4.90 Å².